The molecule has 0 fully saturated rings. The van der Waals surface area contributed by atoms with Gasteiger partial charge in [0.25, 0.3) is 0 Å². The lowest BCUT2D eigenvalue weighted by molar-refractivity contribution is -0.161. The van der Waals surface area contributed by atoms with Crippen LogP contribution >= 0.6 is 7.82 Å². The summed E-state index contributed by atoms with van der Waals surface area (Å²) in [5, 5.41) is 9.79. The summed E-state index contributed by atoms with van der Waals surface area (Å²) in [4.78, 5) is 48.5. The summed E-state index contributed by atoms with van der Waals surface area (Å²) in [6, 6.07) is 0. The quantitative estimate of drug-likeness (QED) is 0.0197. The third-order valence-corrected chi connectivity index (χ3v) is 12.9. The van der Waals surface area contributed by atoms with Gasteiger partial charge in [-0.15, -0.1) is 0 Å². The second-order valence-electron chi connectivity index (χ2n) is 19.1. The second-order valence-corrected chi connectivity index (χ2v) is 20.5. The van der Waals surface area contributed by atoms with Crippen molar-refractivity contribution in [2.24, 2.45) is 0 Å². The summed E-state index contributed by atoms with van der Waals surface area (Å²) in [7, 11) is -4.76. The maximum absolute atomic E-state index is 12.9. The Balaban J connectivity index is 4.82. The van der Waals surface area contributed by atoms with Crippen molar-refractivity contribution in [3.8, 4) is 0 Å². The fourth-order valence-electron chi connectivity index (χ4n) is 7.51. The van der Waals surface area contributed by atoms with Crippen LogP contribution in [0.15, 0.2) is 97.2 Å². The molecule has 0 saturated carbocycles. The number of carbonyl (C=O) groups is 3. The first-order valence-corrected chi connectivity index (χ1v) is 30.6. The van der Waals surface area contributed by atoms with Gasteiger partial charge in [0.1, 0.15) is 12.7 Å². The van der Waals surface area contributed by atoms with Gasteiger partial charge in [0, 0.05) is 19.3 Å². The Labute approximate surface area is 451 Å². The standard InChI is InChI=1S/C62H105O11P/c1-4-7-10-13-16-19-22-24-26-28-29-31-33-35-38-41-44-47-50-53-62(66)73-59(55-69-60(64)51-48-45-42-39-37-34-32-30-27-25-23-20-17-14-11-8-5-2)57-71-74(67,68)70-56-58(54-63)72-61(65)52-49-46-43-40-36-21-18-15-12-9-6-3/h7,10,15-20,24-27,29,31,35,38,58-59,63H,4-6,8-9,11-14,21-23,28,30,32-34,36-37,39-57H2,1-3H3,(H,67,68)/b10-7-,18-15-,19-16-,20-17-,26-24-,27-25-,31-29-,38-35-. The highest BCUT2D eigenvalue weighted by Crippen LogP contribution is 2.43. The monoisotopic (exact) mass is 1060 g/mol. The highest BCUT2D eigenvalue weighted by atomic mass is 31.2. The van der Waals surface area contributed by atoms with Crippen molar-refractivity contribution in [1.29, 1.82) is 0 Å². The van der Waals surface area contributed by atoms with Gasteiger partial charge in [0.15, 0.2) is 6.10 Å². The van der Waals surface area contributed by atoms with Crippen LogP contribution in [0.3, 0.4) is 0 Å². The molecular weight excluding hydrogens is 952 g/mol. The molecule has 2 N–H and O–H groups in total. The minimum atomic E-state index is -4.76. The largest absolute Gasteiger partial charge is 0.472 e. The summed E-state index contributed by atoms with van der Waals surface area (Å²) in [6.45, 7) is 4.41. The molecular formula is C62H105O11P. The number of phosphoric ester groups is 1. The fourth-order valence-corrected chi connectivity index (χ4v) is 8.29. The van der Waals surface area contributed by atoms with Crippen molar-refractivity contribution < 1.29 is 52.2 Å². The molecule has 0 aromatic heterocycles. The predicted octanol–water partition coefficient (Wildman–Crippen LogP) is 17.3. The number of aliphatic hydroxyl groups is 1. The number of carbonyl (C=O) groups excluding carboxylic acids is 3. The smallest absolute Gasteiger partial charge is 0.462 e. The summed E-state index contributed by atoms with van der Waals surface area (Å²) in [5.41, 5.74) is 0. The van der Waals surface area contributed by atoms with Gasteiger partial charge < -0.3 is 24.2 Å². The van der Waals surface area contributed by atoms with E-state index in [-0.39, 0.29) is 25.9 Å². The summed E-state index contributed by atoms with van der Waals surface area (Å²) >= 11 is 0. The SMILES string of the molecule is CC/C=C\C/C=C\C/C=C\C/C=C\C/C=C\CCCCCC(=O)OC(COC(=O)CCCCCCCCC/C=C\C/C=C\CCCCC)COP(=O)(O)OCC(CO)OC(=O)CCCCCCC/C=C\CCCC. The highest BCUT2D eigenvalue weighted by molar-refractivity contribution is 7.47. The first kappa shape index (κ1) is 70.4. The van der Waals surface area contributed by atoms with Crippen molar-refractivity contribution in [3.63, 3.8) is 0 Å². The van der Waals surface area contributed by atoms with Crippen molar-refractivity contribution >= 4 is 25.7 Å². The molecule has 12 heteroatoms. The lowest BCUT2D eigenvalue weighted by Gasteiger charge is -2.21. The second kappa shape index (κ2) is 55.6. The highest BCUT2D eigenvalue weighted by Gasteiger charge is 2.28. The molecule has 0 amide bonds. The van der Waals surface area contributed by atoms with E-state index >= 15 is 0 Å². The molecule has 11 nitrogen and oxygen atoms in total. The Kier molecular flexibility index (Phi) is 52.9. The number of ether oxygens (including phenoxy) is 3. The summed E-state index contributed by atoms with van der Waals surface area (Å²) in [6.07, 6.45) is 65.1. The van der Waals surface area contributed by atoms with E-state index in [0.29, 0.717) is 19.3 Å². The Bertz CT molecular complexity index is 1610. The zero-order chi connectivity index (χ0) is 54.1. The Morgan fingerprint density at radius 2 is 0.716 bits per heavy atom. The van der Waals surface area contributed by atoms with Gasteiger partial charge in [-0.2, -0.15) is 0 Å². The van der Waals surface area contributed by atoms with Gasteiger partial charge in [-0.3, -0.25) is 23.4 Å². The number of unbranched alkanes of at least 4 members (excludes halogenated alkanes) is 20. The predicted molar refractivity (Wildman–Crippen MR) is 307 cm³/mol. The molecule has 0 bridgehead atoms. The number of hydrogen-bond acceptors (Lipinski definition) is 10. The molecule has 0 aromatic rings. The Morgan fingerprint density at radius 3 is 1.15 bits per heavy atom. The Morgan fingerprint density at radius 1 is 0.392 bits per heavy atom. The van der Waals surface area contributed by atoms with Crippen LogP contribution in [-0.4, -0.2) is 66.5 Å². The van der Waals surface area contributed by atoms with Crippen LogP contribution in [-0.2, 0) is 42.2 Å². The van der Waals surface area contributed by atoms with Gasteiger partial charge in [-0.1, -0.05) is 201 Å². The normalized spacial score (nSPS) is 14.1. The molecule has 0 rings (SSSR count). The average molecular weight is 1060 g/mol. The van der Waals surface area contributed by atoms with E-state index in [1.54, 1.807) is 0 Å². The topological polar surface area (TPSA) is 155 Å². The van der Waals surface area contributed by atoms with E-state index in [1.807, 2.05) is 0 Å². The minimum Gasteiger partial charge on any atom is -0.462 e. The molecule has 0 aliphatic carbocycles. The zero-order valence-corrected chi connectivity index (χ0v) is 47.7. The minimum absolute atomic E-state index is 0.122. The number of rotatable bonds is 53. The molecule has 3 atom stereocenters. The van der Waals surface area contributed by atoms with Gasteiger partial charge in [0.05, 0.1) is 19.8 Å². The number of esters is 3. The van der Waals surface area contributed by atoms with Crippen LogP contribution in [0.2, 0.25) is 0 Å². The summed E-state index contributed by atoms with van der Waals surface area (Å²) < 4.78 is 39.5. The van der Waals surface area contributed by atoms with Crippen LogP contribution < -0.4 is 0 Å². The van der Waals surface area contributed by atoms with Crippen molar-refractivity contribution in [2.45, 2.75) is 251 Å². The van der Waals surface area contributed by atoms with Gasteiger partial charge in [-0.05, 0) is 116 Å². The number of hydrogen-bond donors (Lipinski definition) is 2. The van der Waals surface area contributed by atoms with E-state index in [9.17, 15) is 28.9 Å². The van der Waals surface area contributed by atoms with E-state index in [0.717, 1.165) is 128 Å². The maximum atomic E-state index is 12.9. The van der Waals surface area contributed by atoms with Crippen LogP contribution in [0.25, 0.3) is 0 Å². The third kappa shape index (κ3) is 53.2. The van der Waals surface area contributed by atoms with Crippen molar-refractivity contribution in [3.05, 3.63) is 97.2 Å². The van der Waals surface area contributed by atoms with Crippen LogP contribution in [0.4, 0.5) is 0 Å². The van der Waals surface area contributed by atoms with Crippen LogP contribution in [0.5, 0.6) is 0 Å². The molecule has 0 aromatic carbocycles. The number of phosphoric acid groups is 1. The van der Waals surface area contributed by atoms with Crippen molar-refractivity contribution in [1.82, 2.24) is 0 Å². The molecule has 0 heterocycles. The Hall–Kier alpha value is -3.60. The lowest BCUT2D eigenvalue weighted by atomic mass is 10.1. The van der Waals surface area contributed by atoms with E-state index < -0.39 is 57.8 Å². The third-order valence-electron chi connectivity index (χ3n) is 12.0. The maximum Gasteiger partial charge on any atom is 0.472 e. The van der Waals surface area contributed by atoms with Crippen LogP contribution in [0.1, 0.15) is 239 Å². The summed E-state index contributed by atoms with van der Waals surface area (Å²) in [5.74, 6) is -1.53. The molecule has 0 radical (unpaired) electrons. The number of allylic oxidation sites excluding steroid dienone is 16. The van der Waals surface area contributed by atoms with E-state index in [4.69, 9.17) is 23.3 Å². The average Bonchev–Trinajstić information content (AvgIpc) is 3.39. The first-order valence-electron chi connectivity index (χ1n) is 29.1. The van der Waals surface area contributed by atoms with Gasteiger partial charge in [-0.25, -0.2) is 4.57 Å². The lowest BCUT2D eigenvalue weighted by Crippen LogP contribution is -2.30. The number of aliphatic hydroxyl groups excluding tert-OH is 1. The van der Waals surface area contributed by atoms with Crippen LogP contribution in [0, 0.1) is 0 Å². The molecule has 0 saturated heterocycles. The van der Waals surface area contributed by atoms with Crippen molar-refractivity contribution in [2.75, 3.05) is 26.4 Å². The van der Waals surface area contributed by atoms with Gasteiger partial charge >= 0.3 is 25.7 Å². The van der Waals surface area contributed by atoms with E-state index in [1.165, 1.54) is 51.4 Å². The zero-order valence-electron chi connectivity index (χ0n) is 46.8. The molecule has 3 unspecified atom stereocenters. The fraction of sp³-hybridized carbons (Fsp3) is 0.694. The first-order chi connectivity index (χ1) is 36.2. The van der Waals surface area contributed by atoms with E-state index in [2.05, 4.69) is 118 Å². The molecule has 0 spiro atoms. The molecule has 0 aliphatic rings. The molecule has 74 heavy (non-hydrogen) atoms. The molecule has 0 aliphatic heterocycles. The molecule has 424 valence electrons. The van der Waals surface area contributed by atoms with Gasteiger partial charge in [0.2, 0.25) is 0 Å².